The van der Waals surface area contributed by atoms with Gasteiger partial charge in [0, 0.05) is 13.1 Å². The molecule has 0 bridgehead atoms. The van der Waals surface area contributed by atoms with Gasteiger partial charge in [-0.1, -0.05) is 37.6 Å². The maximum Gasteiger partial charge on any atom is 0.116 e. The lowest BCUT2D eigenvalue weighted by Gasteiger charge is -2.35. The van der Waals surface area contributed by atoms with Gasteiger partial charge in [0.25, 0.3) is 0 Å². The van der Waals surface area contributed by atoms with Crippen LogP contribution >= 0.6 is 0 Å². The van der Waals surface area contributed by atoms with E-state index in [4.69, 9.17) is 10.00 Å². The van der Waals surface area contributed by atoms with Gasteiger partial charge in [0.1, 0.15) is 5.41 Å². The zero-order valence-corrected chi connectivity index (χ0v) is 10.9. The van der Waals surface area contributed by atoms with Crippen molar-refractivity contribution in [2.45, 2.75) is 26.3 Å². The van der Waals surface area contributed by atoms with E-state index >= 15 is 0 Å². The summed E-state index contributed by atoms with van der Waals surface area (Å²) < 4.78 is 5.11. The number of ether oxygens (including phenoxy) is 1. The molecule has 1 saturated heterocycles. The Morgan fingerprint density at radius 1 is 1.28 bits per heavy atom. The third-order valence-electron chi connectivity index (χ3n) is 3.35. The van der Waals surface area contributed by atoms with Crippen LogP contribution in [0.2, 0.25) is 0 Å². The van der Waals surface area contributed by atoms with Gasteiger partial charge in [-0.15, -0.1) is 0 Å². The number of nitriles is 1. The minimum atomic E-state index is -0.290. The summed E-state index contributed by atoms with van der Waals surface area (Å²) in [5, 5.41) is 12.4. The smallest absolute Gasteiger partial charge is 0.116 e. The SMILES string of the molecule is CCCc1ccc(CNCC2(C#N)COC2)cc1. The second kappa shape index (κ2) is 5.99. The zero-order valence-electron chi connectivity index (χ0n) is 10.9. The van der Waals surface area contributed by atoms with Gasteiger partial charge in [-0.3, -0.25) is 0 Å². The first-order chi connectivity index (χ1) is 8.78. The third-order valence-corrected chi connectivity index (χ3v) is 3.35. The van der Waals surface area contributed by atoms with Crippen molar-refractivity contribution >= 4 is 0 Å². The summed E-state index contributed by atoms with van der Waals surface area (Å²) in [5.74, 6) is 0. The fourth-order valence-electron chi connectivity index (χ4n) is 2.11. The molecule has 2 rings (SSSR count). The highest BCUT2D eigenvalue weighted by Gasteiger charge is 2.38. The molecule has 0 radical (unpaired) electrons. The highest BCUT2D eigenvalue weighted by molar-refractivity contribution is 5.22. The van der Waals surface area contributed by atoms with Gasteiger partial charge in [0.2, 0.25) is 0 Å². The maximum absolute atomic E-state index is 9.06. The molecule has 96 valence electrons. The van der Waals surface area contributed by atoms with Gasteiger partial charge in [0.05, 0.1) is 19.3 Å². The number of aryl methyl sites for hydroxylation is 1. The Morgan fingerprint density at radius 2 is 1.94 bits per heavy atom. The molecule has 0 aliphatic carbocycles. The third kappa shape index (κ3) is 3.10. The van der Waals surface area contributed by atoms with Crippen molar-refractivity contribution in [2.24, 2.45) is 5.41 Å². The van der Waals surface area contributed by atoms with Crippen LogP contribution in [0.15, 0.2) is 24.3 Å². The van der Waals surface area contributed by atoms with Crippen LogP contribution in [0.3, 0.4) is 0 Å². The van der Waals surface area contributed by atoms with Crippen LogP contribution < -0.4 is 5.32 Å². The lowest BCUT2D eigenvalue weighted by Crippen LogP contribution is -2.48. The van der Waals surface area contributed by atoms with Crippen LogP contribution in [0, 0.1) is 16.7 Å². The molecule has 1 aromatic rings. The number of rotatable bonds is 6. The van der Waals surface area contributed by atoms with Crippen molar-refractivity contribution in [3.63, 3.8) is 0 Å². The summed E-state index contributed by atoms with van der Waals surface area (Å²) in [6, 6.07) is 11.0. The minimum absolute atomic E-state index is 0.290. The first kappa shape index (κ1) is 13.1. The van der Waals surface area contributed by atoms with Crippen molar-refractivity contribution in [1.29, 1.82) is 5.26 Å². The molecule has 1 aromatic carbocycles. The van der Waals surface area contributed by atoms with Gasteiger partial charge in [-0.2, -0.15) is 5.26 Å². The predicted octanol–water partition coefficient (Wildman–Crippen LogP) is 2.27. The lowest BCUT2D eigenvalue weighted by atomic mass is 9.88. The van der Waals surface area contributed by atoms with E-state index in [1.54, 1.807) is 0 Å². The molecule has 0 saturated carbocycles. The van der Waals surface area contributed by atoms with Crippen LogP contribution in [0.5, 0.6) is 0 Å². The molecule has 1 heterocycles. The van der Waals surface area contributed by atoms with E-state index in [-0.39, 0.29) is 5.41 Å². The van der Waals surface area contributed by atoms with Crippen molar-refractivity contribution in [3.8, 4) is 6.07 Å². The topological polar surface area (TPSA) is 45.0 Å². The summed E-state index contributed by atoms with van der Waals surface area (Å²) in [7, 11) is 0. The van der Waals surface area contributed by atoms with E-state index in [0.29, 0.717) is 19.8 Å². The summed E-state index contributed by atoms with van der Waals surface area (Å²) >= 11 is 0. The first-order valence-electron chi connectivity index (χ1n) is 6.55. The van der Waals surface area contributed by atoms with Crippen LogP contribution in [0.25, 0.3) is 0 Å². The average Bonchev–Trinajstić information content (AvgIpc) is 2.35. The largest absolute Gasteiger partial charge is 0.378 e. The van der Waals surface area contributed by atoms with Gasteiger partial charge < -0.3 is 10.1 Å². The van der Waals surface area contributed by atoms with Crippen molar-refractivity contribution in [3.05, 3.63) is 35.4 Å². The summed E-state index contributed by atoms with van der Waals surface area (Å²) in [6.07, 6.45) is 2.32. The van der Waals surface area contributed by atoms with E-state index in [1.807, 2.05) is 0 Å². The molecule has 1 aliphatic rings. The van der Waals surface area contributed by atoms with Crippen LogP contribution in [-0.4, -0.2) is 19.8 Å². The Hall–Kier alpha value is -1.37. The number of hydrogen-bond donors (Lipinski definition) is 1. The fourth-order valence-corrected chi connectivity index (χ4v) is 2.11. The zero-order chi connectivity index (χ0) is 12.8. The Bertz CT molecular complexity index is 415. The normalized spacial score (nSPS) is 16.9. The second-order valence-electron chi connectivity index (χ2n) is 5.05. The highest BCUT2D eigenvalue weighted by Crippen LogP contribution is 2.25. The van der Waals surface area contributed by atoms with Crippen LogP contribution in [-0.2, 0) is 17.7 Å². The highest BCUT2D eigenvalue weighted by atomic mass is 16.5. The van der Waals surface area contributed by atoms with E-state index in [0.717, 1.165) is 13.0 Å². The predicted molar refractivity (Wildman–Crippen MR) is 71.0 cm³/mol. The van der Waals surface area contributed by atoms with Gasteiger partial charge in [-0.05, 0) is 17.5 Å². The second-order valence-corrected chi connectivity index (χ2v) is 5.05. The van der Waals surface area contributed by atoms with Gasteiger partial charge in [0.15, 0.2) is 0 Å². The molecular formula is C15H20N2O. The fraction of sp³-hybridized carbons (Fsp3) is 0.533. The number of nitrogens with zero attached hydrogens (tertiary/aromatic N) is 1. The van der Waals surface area contributed by atoms with Gasteiger partial charge in [-0.25, -0.2) is 0 Å². The summed E-state index contributed by atoms with van der Waals surface area (Å²) in [6.45, 7) is 4.84. The molecule has 1 N–H and O–H groups in total. The van der Waals surface area contributed by atoms with Crippen molar-refractivity contribution in [2.75, 3.05) is 19.8 Å². The summed E-state index contributed by atoms with van der Waals surface area (Å²) in [4.78, 5) is 0. The molecule has 3 heteroatoms. The van der Waals surface area contributed by atoms with Crippen LogP contribution in [0.4, 0.5) is 0 Å². The lowest BCUT2D eigenvalue weighted by molar-refractivity contribution is -0.0755. The quantitative estimate of drug-likeness (QED) is 0.835. The molecule has 3 nitrogen and oxygen atoms in total. The standard InChI is InChI=1S/C15H20N2O/c1-2-3-13-4-6-14(7-5-13)8-17-10-15(9-16)11-18-12-15/h4-7,17H,2-3,8,10-12H2,1H3. The van der Waals surface area contributed by atoms with E-state index in [2.05, 4.69) is 42.6 Å². The van der Waals surface area contributed by atoms with Gasteiger partial charge >= 0.3 is 0 Å². The van der Waals surface area contributed by atoms with Crippen molar-refractivity contribution < 1.29 is 4.74 Å². The van der Waals surface area contributed by atoms with E-state index in [1.165, 1.54) is 17.5 Å². The van der Waals surface area contributed by atoms with E-state index in [9.17, 15) is 0 Å². The Balaban J connectivity index is 1.78. The first-order valence-corrected chi connectivity index (χ1v) is 6.55. The van der Waals surface area contributed by atoms with Crippen LogP contribution in [0.1, 0.15) is 24.5 Å². The Morgan fingerprint density at radius 3 is 2.44 bits per heavy atom. The Labute approximate surface area is 109 Å². The molecule has 0 unspecified atom stereocenters. The molecule has 0 spiro atoms. The number of benzene rings is 1. The molecule has 0 aromatic heterocycles. The molecule has 0 atom stereocenters. The monoisotopic (exact) mass is 244 g/mol. The molecular weight excluding hydrogens is 224 g/mol. The van der Waals surface area contributed by atoms with Crippen molar-refractivity contribution in [1.82, 2.24) is 5.32 Å². The maximum atomic E-state index is 9.06. The molecule has 0 amide bonds. The average molecular weight is 244 g/mol. The number of hydrogen-bond acceptors (Lipinski definition) is 3. The molecule has 1 fully saturated rings. The Kier molecular flexibility index (Phi) is 4.35. The summed E-state index contributed by atoms with van der Waals surface area (Å²) in [5.41, 5.74) is 2.37. The number of nitrogens with one attached hydrogen (secondary N) is 1. The molecule has 1 aliphatic heterocycles. The van der Waals surface area contributed by atoms with E-state index < -0.39 is 0 Å². The molecule has 18 heavy (non-hydrogen) atoms. The minimum Gasteiger partial charge on any atom is -0.378 e.